The molecule has 0 saturated heterocycles. The Balaban J connectivity index is 4.22. The maximum Gasteiger partial charge on any atom is 0.306 e. The van der Waals surface area contributed by atoms with Gasteiger partial charge in [-0.2, -0.15) is 0 Å². The quantitative estimate of drug-likeness (QED) is 0.0343. The van der Waals surface area contributed by atoms with Crippen LogP contribution in [-0.4, -0.2) is 37.2 Å². The average molecular weight is 990 g/mol. The van der Waals surface area contributed by atoms with E-state index in [-0.39, 0.29) is 31.1 Å². The zero-order valence-electron chi connectivity index (χ0n) is 47.8. The number of hydrogen-bond donors (Lipinski definition) is 0. The summed E-state index contributed by atoms with van der Waals surface area (Å²) in [6, 6.07) is 0. The van der Waals surface area contributed by atoms with Crippen molar-refractivity contribution < 1.29 is 28.6 Å². The lowest BCUT2D eigenvalue weighted by atomic mass is 10.0. The van der Waals surface area contributed by atoms with Crippen LogP contribution in [-0.2, 0) is 28.6 Å². The van der Waals surface area contributed by atoms with Crippen molar-refractivity contribution in [2.75, 3.05) is 13.2 Å². The molecule has 0 aliphatic rings. The first-order valence-electron chi connectivity index (χ1n) is 32.0. The third kappa shape index (κ3) is 57.3. The molecular weight excluding hydrogens is 865 g/mol. The molecule has 416 valence electrons. The van der Waals surface area contributed by atoms with Crippen LogP contribution in [0.3, 0.4) is 0 Å². The lowest BCUT2D eigenvalue weighted by molar-refractivity contribution is -0.167. The van der Waals surface area contributed by atoms with Crippen molar-refractivity contribution in [3.05, 3.63) is 0 Å². The second-order valence-electron chi connectivity index (χ2n) is 22.1. The Labute approximate surface area is 438 Å². The molecule has 0 spiro atoms. The van der Waals surface area contributed by atoms with Crippen LogP contribution in [0.5, 0.6) is 0 Å². The van der Waals surface area contributed by atoms with E-state index in [0.29, 0.717) is 19.3 Å². The SMILES string of the molecule is CCCCCCCCCCCCCCCCCCCCCCC(=O)OCC(COC(=O)CCCCCCCCCCCCCC)OC(=O)CCCCCCCCCCCCCCCCCCCCCC. The first kappa shape index (κ1) is 68.4. The second kappa shape index (κ2) is 60.0. The van der Waals surface area contributed by atoms with Gasteiger partial charge in [0.1, 0.15) is 13.2 Å². The van der Waals surface area contributed by atoms with Gasteiger partial charge in [-0.05, 0) is 19.3 Å². The van der Waals surface area contributed by atoms with Gasteiger partial charge < -0.3 is 14.2 Å². The van der Waals surface area contributed by atoms with Gasteiger partial charge in [0.15, 0.2) is 6.10 Å². The lowest BCUT2D eigenvalue weighted by Gasteiger charge is -2.18. The molecule has 0 heterocycles. The normalized spacial score (nSPS) is 11.9. The maximum absolute atomic E-state index is 12.9. The number of esters is 3. The minimum atomic E-state index is -0.762. The molecule has 1 unspecified atom stereocenters. The van der Waals surface area contributed by atoms with Gasteiger partial charge in [-0.25, -0.2) is 0 Å². The van der Waals surface area contributed by atoms with Crippen LogP contribution in [0.4, 0.5) is 0 Å². The fourth-order valence-corrected chi connectivity index (χ4v) is 10.0. The average Bonchev–Trinajstić information content (AvgIpc) is 3.36. The number of carbonyl (C=O) groups is 3. The van der Waals surface area contributed by atoms with Crippen molar-refractivity contribution in [3.8, 4) is 0 Å². The molecule has 1 atom stereocenters. The lowest BCUT2D eigenvalue weighted by Crippen LogP contribution is -2.30. The maximum atomic E-state index is 12.9. The van der Waals surface area contributed by atoms with Gasteiger partial charge in [0.2, 0.25) is 0 Å². The summed E-state index contributed by atoms with van der Waals surface area (Å²) in [5, 5.41) is 0. The molecule has 0 bridgehead atoms. The van der Waals surface area contributed by atoms with Crippen LogP contribution in [0.2, 0.25) is 0 Å². The van der Waals surface area contributed by atoms with Gasteiger partial charge >= 0.3 is 17.9 Å². The number of carbonyl (C=O) groups excluding carboxylic acids is 3. The number of ether oxygens (including phenoxy) is 3. The van der Waals surface area contributed by atoms with Crippen LogP contribution < -0.4 is 0 Å². The van der Waals surface area contributed by atoms with Gasteiger partial charge in [-0.15, -0.1) is 0 Å². The van der Waals surface area contributed by atoms with Crippen LogP contribution in [0.1, 0.15) is 374 Å². The number of hydrogen-bond acceptors (Lipinski definition) is 6. The highest BCUT2D eigenvalue weighted by Crippen LogP contribution is 2.19. The molecule has 6 nitrogen and oxygen atoms in total. The van der Waals surface area contributed by atoms with Crippen molar-refractivity contribution in [2.24, 2.45) is 0 Å². The van der Waals surface area contributed by atoms with Crippen molar-refractivity contribution in [3.63, 3.8) is 0 Å². The fraction of sp³-hybridized carbons (Fsp3) is 0.953. The molecule has 70 heavy (non-hydrogen) atoms. The van der Waals surface area contributed by atoms with Crippen LogP contribution >= 0.6 is 0 Å². The van der Waals surface area contributed by atoms with Crippen molar-refractivity contribution in [2.45, 2.75) is 380 Å². The van der Waals surface area contributed by atoms with Crippen LogP contribution in [0, 0.1) is 0 Å². The first-order valence-corrected chi connectivity index (χ1v) is 32.0. The summed E-state index contributed by atoms with van der Waals surface area (Å²) in [5.41, 5.74) is 0. The van der Waals surface area contributed by atoms with E-state index < -0.39 is 6.10 Å². The van der Waals surface area contributed by atoms with Gasteiger partial charge in [0, 0.05) is 19.3 Å². The molecule has 0 aromatic heterocycles. The number of rotatable bonds is 60. The Morgan fingerprint density at radius 3 is 0.571 bits per heavy atom. The largest absolute Gasteiger partial charge is 0.462 e. The molecule has 0 aromatic carbocycles. The molecule has 0 aromatic rings. The van der Waals surface area contributed by atoms with Crippen LogP contribution in [0.15, 0.2) is 0 Å². The highest BCUT2D eigenvalue weighted by Gasteiger charge is 2.19. The van der Waals surface area contributed by atoms with Gasteiger partial charge in [0.25, 0.3) is 0 Å². The van der Waals surface area contributed by atoms with Crippen LogP contribution in [0.25, 0.3) is 0 Å². The molecule has 0 aliphatic heterocycles. The molecule has 0 radical (unpaired) electrons. The minimum Gasteiger partial charge on any atom is -0.462 e. The summed E-state index contributed by atoms with van der Waals surface area (Å²) in [5.74, 6) is -0.826. The van der Waals surface area contributed by atoms with E-state index in [2.05, 4.69) is 20.8 Å². The summed E-state index contributed by atoms with van der Waals surface area (Å²) in [6.07, 6.45) is 68.2. The monoisotopic (exact) mass is 989 g/mol. The van der Waals surface area contributed by atoms with Gasteiger partial charge in [-0.1, -0.05) is 335 Å². The third-order valence-electron chi connectivity index (χ3n) is 14.9. The van der Waals surface area contributed by atoms with Crippen molar-refractivity contribution >= 4 is 17.9 Å². The topological polar surface area (TPSA) is 78.9 Å². The van der Waals surface area contributed by atoms with E-state index in [0.717, 1.165) is 57.8 Å². The van der Waals surface area contributed by atoms with E-state index in [1.807, 2.05) is 0 Å². The van der Waals surface area contributed by atoms with E-state index in [1.54, 1.807) is 0 Å². The summed E-state index contributed by atoms with van der Waals surface area (Å²) >= 11 is 0. The smallest absolute Gasteiger partial charge is 0.306 e. The highest BCUT2D eigenvalue weighted by molar-refractivity contribution is 5.71. The van der Waals surface area contributed by atoms with Crippen molar-refractivity contribution in [1.82, 2.24) is 0 Å². The zero-order chi connectivity index (χ0) is 50.7. The Kier molecular flexibility index (Phi) is 58.6. The number of unbranched alkanes of at least 4 members (excludes halogenated alkanes) is 49. The zero-order valence-corrected chi connectivity index (χ0v) is 47.8. The predicted molar refractivity (Wildman–Crippen MR) is 303 cm³/mol. The first-order chi connectivity index (χ1) is 34.5. The molecule has 0 N–H and O–H groups in total. The summed E-state index contributed by atoms with van der Waals surface area (Å²) in [7, 11) is 0. The molecule has 0 rings (SSSR count). The summed E-state index contributed by atoms with van der Waals surface area (Å²) in [4.78, 5) is 38.2. The molecule has 0 amide bonds. The molecule has 0 fully saturated rings. The Morgan fingerprint density at radius 1 is 0.229 bits per heavy atom. The molecule has 0 aliphatic carbocycles. The van der Waals surface area contributed by atoms with E-state index in [9.17, 15) is 14.4 Å². The van der Waals surface area contributed by atoms with Gasteiger partial charge in [-0.3, -0.25) is 14.4 Å². The van der Waals surface area contributed by atoms with E-state index in [1.165, 1.54) is 276 Å². The highest BCUT2D eigenvalue weighted by atomic mass is 16.6. The molecule has 6 heteroatoms. The second-order valence-corrected chi connectivity index (χ2v) is 22.1. The fourth-order valence-electron chi connectivity index (χ4n) is 10.0. The molecule has 0 saturated carbocycles. The molecular formula is C64H124O6. The van der Waals surface area contributed by atoms with Crippen molar-refractivity contribution in [1.29, 1.82) is 0 Å². The summed E-state index contributed by atoms with van der Waals surface area (Å²) in [6.45, 7) is 6.72. The third-order valence-corrected chi connectivity index (χ3v) is 14.9. The minimum absolute atomic E-state index is 0.0606. The predicted octanol–water partition coefficient (Wildman–Crippen LogP) is 21.5. The Morgan fingerprint density at radius 2 is 0.386 bits per heavy atom. The Hall–Kier alpha value is -1.59. The van der Waals surface area contributed by atoms with Gasteiger partial charge in [0.05, 0.1) is 0 Å². The Bertz CT molecular complexity index is 1040. The summed E-state index contributed by atoms with van der Waals surface area (Å²) < 4.78 is 16.9. The standard InChI is InChI=1S/C64H124O6/c1-4-7-10-13-16-19-22-25-27-29-31-33-35-37-39-42-45-48-51-54-57-63(66)69-60-61(59-68-62(65)56-53-50-47-44-41-24-21-18-15-12-9-6-3)70-64(67)58-55-52-49-46-43-40-38-36-34-32-30-28-26-23-20-17-14-11-8-5-2/h61H,4-60H2,1-3H3. The van der Waals surface area contributed by atoms with E-state index >= 15 is 0 Å². The van der Waals surface area contributed by atoms with E-state index in [4.69, 9.17) is 14.2 Å².